The van der Waals surface area contributed by atoms with Gasteiger partial charge < -0.3 is 33.9 Å². The first-order valence-electron chi connectivity index (χ1n) is 9.07. The summed E-state index contributed by atoms with van der Waals surface area (Å²) < 4.78 is 28.9. The summed E-state index contributed by atoms with van der Waals surface area (Å²) in [5, 5.41) is 19.3. The molecule has 0 amide bonds. The van der Waals surface area contributed by atoms with E-state index in [2.05, 4.69) is 6.92 Å². The summed E-state index contributed by atoms with van der Waals surface area (Å²) in [6.07, 6.45) is -2.43. The van der Waals surface area contributed by atoms with Crippen molar-refractivity contribution in [1.29, 1.82) is 0 Å². The number of benzene rings is 1. The number of aliphatic hydroxyl groups is 2. The van der Waals surface area contributed by atoms with Crippen LogP contribution in [0.25, 0.3) is 0 Å². The zero-order chi connectivity index (χ0) is 18.7. The molecule has 7 heteroatoms. The van der Waals surface area contributed by atoms with Crippen LogP contribution in [0.15, 0.2) is 24.3 Å². The molecule has 1 aromatic carbocycles. The Morgan fingerprint density at radius 1 is 1.19 bits per heavy atom. The van der Waals surface area contributed by atoms with E-state index >= 15 is 0 Å². The molecule has 2 aliphatic heterocycles. The molecule has 0 radical (unpaired) electrons. The molecule has 146 valence electrons. The van der Waals surface area contributed by atoms with Crippen LogP contribution < -0.4 is 4.74 Å². The number of ether oxygens (including phenoxy) is 5. The zero-order valence-corrected chi connectivity index (χ0v) is 15.5. The molecule has 2 fully saturated rings. The second kappa shape index (κ2) is 8.21. The average molecular weight is 368 g/mol. The minimum Gasteiger partial charge on any atom is -0.494 e. The smallest absolute Gasteiger partial charge is 0.190 e. The SMILES string of the molecule is CCCOc1ccc(CO[C@H]2[C@@H]3OC(C)(C)O[C@H]3O[C@H]2[C@H](O)CO)cc1. The average Bonchev–Trinajstić information content (AvgIpc) is 3.10. The number of hydrogen-bond donors (Lipinski definition) is 2. The van der Waals surface area contributed by atoms with E-state index < -0.39 is 43.1 Å². The monoisotopic (exact) mass is 368 g/mol. The van der Waals surface area contributed by atoms with Gasteiger partial charge in [0.15, 0.2) is 12.1 Å². The Morgan fingerprint density at radius 2 is 1.92 bits per heavy atom. The van der Waals surface area contributed by atoms with E-state index in [1.807, 2.05) is 24.3 Å². The van der Waals surface area contributed by atoms with Crippen molar-refractivity contribution in [3.63, 3.8) is 0 Å². The van der Waals surface area contributed by atoms with Gasteiger partial charge in [-0.1, -0.05) is 19.1 Å². The Hall–Kier alpha value is -1.22. The zero-order valence-electron chi connectivity index (χ0n) is 15.5. The Bertz CT molecular complexity index is 574. The molecule has 2 N–H and O–H groups in total. The van der Waals surface area contributed by atoms with E-state index in [-0.39, 0.29) is 0 Å². The van der Waals surface area contributed by atoms with Gasteiger partial charge >= 0.3 is 0 Å². The normalized spacial score (nSPS) is 31.0. The predicted octanol–water partition coefficient (Wildman–Crippen LogP) is 1.59. The van der Waals surface area contributed by atoms with Crippen LogP contribution in [0.3, 0.4) is 0 Å². The van der Waals surface area contributed by atoms with Crippen LogP contribution in [0.5, 0.6) is 5.75 Å². The first-order chi connectivity index (χ1) is 12.4. The third-order valence-corrected chi connectivity index (χ3v) is 4.43. The van der Waals surface area contributed by atoms with Crippen molar-refractivity contribution < 1.29 is 33.9 Å². The summed E-state index contributed by atoms with van der Waals surface area (Å²) in [6.45, 7) is 6.26. The van der Waals surface area contributed by atoms with Crippen LogP contribution in [0.4, 0.5) is 0 Å². The standard InChI is InChI=1S/C19H28O7/c1-4-9-22-13-7-5-12(6-8-13)11-23-16-15(14(21)10-20)24-18-17(16)25-19(2,3)26-18/h5-8,14-18,20-21H,4,9-11H2,1-3H3/t14-,15+,16-,17+,18-/m1/s1. The van der Waals surface area contributed by atoms with E-state index in [0.29, 0.717) is 13.2 Å². The van der Waals surface area contributed by atoms with E-state index in [0.717, 1.165) is 17.7 Å². The topological polar surface area (TPSA) is 86.6 Å². The Kier molecular flexibility index (Phi) is 6.17. The maximum absolute atomic E-state index is 10.0. The van der Waals surface area contributed by atoms with Gasteiger partial charge in [-0.2, -0.15) is 0 Å². The highest BCUT2D eigenvalue weighted by Gasteiger charge is 2.56. The van der Waals surface area contributed by atoms with Crippen molar-refractivity contribution in [1.82, 2.24) is 0 Å². The lowest BCUT2D eigenvalue weighted by molar-refractivity contribution is -0.232. The van der Waals surface area contributed by atoms with Gasteiger partial charge in [-0.25, -0.2) is 0 Å². The molecular weight excluding hydrogens is 340 g/mol. The number of rotatable bonds is 8. The van der Waals surface area contributed by atoms with E-state index in [9.17, 15) is 10.2 Å². The van der Waals surface area contributed by atoms with Gasteiger partial charge in [-0.05, 0) is 38.0 Å². The molecule has 0 aliphatic carbocycles. The lowest BCUT2D eigenvalue weighted by Crippen LogP contribution is -2.44. The molecular formula is C19H28O7. The first kappa shape index (κ1) is 19.5. The van der Waals surface area contributed by atoms with Gasteiger partial charge in [0.05, 0.1) is 19.8 Å². The van der Waals surface area contributed by atoms with E-state index in [4.69, 9.17) is 23.7 Å². The molecule has 0 bridgehead atoms. The largest absolute Gasteiger partial charge is 0.494 e. The molecule has 7 nitrogen and oxygen atoms in total. The lowest BCUT2D eigenvalue weighted by atomic mass is 10.1. The summed E-state index contributed by atoms with van der Waals surface area (Å²) in [6, 6.07) is 7.68. The highest BCUT2D eigenvalue weighted by Crippen LogP contribution is 2.39. The van der Waals surface area contributed by atoms with Gasteiger partial charge in [0.25, 0.3) is 0 Å². The molecule has 0 aromatic heterocycles. The fourth-order valence-electron chi connectivity index (χ4n) is 3.20. The summed E-state index contributed by atoms with van der Waals surface area (Å²) in [5.41, 5.74) is 0.965. The molecule has 0 spiro atoms. The number of hydrogen-bond acceptors (Lipinski definition) is 7. The van der Waals surface area contributed by atoms with Crippen LogP contribution in [0.2, 0.25) is 0 Å². The predicted molar refractivity (Wildman–Crippen MR) is 92.6 cm³/mol. The van der Waals surface area contributed by atoms with Gasteiger partial charge in [0.1, 0.15) is 30.2 Å². The minimum absolute atomic E-state index is 0.323. The molecule has 2 saturated heterocycles. The molecule has 2 aliphatic rings. The Balaban J connectivity index is 1.63. The van der Waals surface area contributed by atoms with Gasteiger partial charge in [0.2, 0.25) is 0 Å². The molecule has 26 heavy (non-hydrogen) atoms. The van der Waals surface area contributed by atoms with Crippen LogP contribution in [-0.4, -0.2) is 59.9 Å². The number of fused-ring (bicyclic) bond motifs is 1. The first-order valence-corrected chi connectivity index (χ1v) is 9.07. The van der Waals surface area contributed by atoms with E-state index in [1.54, 1.807) is 13.8 Å². The molecule has 1 aromatic rings. The van der Waals surface area contributed by atoms with Crippen molar-refractivity contribution in [3.8, 4) is 5.75 Å². The summed E-state index contributed by atoms with van der Waals surface area (Å²) >= 11 is 0. The fourth-order valence-corrected chi connectivity index (χ4v) is 3.20. The summed E-state index contributed by atoms with van der Waals surface area (Å²) in [5.74, 6) is 0.0485. The quantitative estimate of drug-likeness (QED) is 0.720. The van der Waals surface area contributed by atoms with Crippen LogP contribution in [0.1, 0.15) is 32.8 Å². The Labute approximate surface area is 153 Å². The highest BCUT2D eigenvalue weighted by atomic mass is 16.8. The second-order valence-corrected chi connectivity index (χ2v) is 7.09. The second-order valence-electron chi connectivity index (χ2n) is 7.09. The summed E-state index contributed by atoms with van der Waals surface area (Å²) in [7, 11) is 0. The van der Waals surface area contributed by atoms with Crippen LogP contribution in [0, 0.1) is 0 Å². The molecule has 0 saturated carbocycles. The molecule has 5 atom stereocenters. The Morgan fingerprint density at radius 3 is 2.58 bits per heavy atom. The van der Waals surface area contributed by atoms with Crippen molar-refractivity contribution in [2.24, 2.45) is 0 Å². The maximum Gasteiger partial charge on any atom is 0.190 e. The highest BCUT2D eigenvalue weighted by molar-refractivity contribution is 5.26. The molecule has 2 heterocycles. The van der Waals surface area contributed by atoms with E-state index in [1.165, 1.54) is 0 Å². The van der Waals surface area contributed by atoms with Gasteiger partial charge in [0, 0.05) is 0 Å². The molecule has 3 rings (SSSR count). The third kappa shape index (κ3) is 4.36. The van der Waals surface area contributed by atoms with Crippen molar-refractivity contribution in [3.05, 3.63) is 29.8 Å². The van der Waals surface area contributed by atoms with Gasteiger partial charge in [-0.15, -0.1) is 0 Å². The van der Waals surface area contributed by atoms with Crippen LogP contribution in [-0.2, 0) is 25.6 Å². The van der Waals surface area contributed by atoms with Crippen molar-refractivity contribution in [2.45, 2.75) is 70.3 Å². The van der Waals surface area contributed by atoms with Crippen LogP contribution >= 0.6 is 0 Å². The van der Waals surface area contributed by atoms with Crippen molar-refractivity contribution in [2.75, 3.05) is 13.2 Å². The lowest BCUT2D eigenvalue weighted by Gasteiger charge is -2.28. The summed E-state index contributed by atoms with van der Waals surface area (Å²) in [4.78, 5) is 0. The minimum atomic E-state index is -1.06. The molecule has 0 unspecified atom stereocenters. The van der Waals surface area contributed by atoms with Gasteiger partial charge in [-0.3, -0.25) is 0 Å². The third-order valence-electron chi connectivity index (χ3n) is 4.43. The van der Waals surface area contributed by atoms with Crippen molar-refractivity contribution >= 4 is 0 Å². The maximum atomic E-state index is 10.0. The number of aliphatic hydroxyl groups excluding tert-OH is 2. The fraction of sp³-hybridized carbons (Fsp3) is 0.684.